The first kappa shape index (κ1) is 16.9. The Hall–Kier alpha value is -2.13. The van der Waals surface area contributed by atoms with E-state index >= 15 is 0 Å². The monoisotopic (exact) mass is 315 g/mol. The van der Waals surface area contributed by atoms with Crippen LogP contribution in [-0.2, 0) is 16.0 Å². The molecule has 1 aromatic rings. The van der Waals surface area contributed by atoms with Crippen molar-refractivity contribution in [3.63, 3.8) is 0 Å². The molecule has 0 fully saturated rings. The molecule has 0 aliphatic rings. The molecule has 0 saturated carbocycles. The summed E-state index contributed by atoms with van der Waals surface area (Å²) in [7, 11) is 1.98. The predicted octanol–water partition coefficient (Wildman–Crippen LogP) is 2.64. The van der Waals surface area contributed by atoms with Crippen LogP contribution in [-0.4, -0.2) is 31.5 Å². The van der Waals surface area contributed by atoms with E-state index in [1.54, 1.807) is 0 Å². The van der Waals surface area contributed by atoms with Gasteiger partial charge in [0.05, 0.1) is 32.5 Å². The molecule has 0 amide bonds. The standard InChI is InChI=1S/C11H10F5NO4/c1-19-6-4-17-5(3-7(18)20-2)9(8(6)10(12)13)21-11(14,15)16/h4,10H,3H2,1-2H3. The molecule has 0 bridgehead atoms. The molecule has 0 saturated heterocycles. The number of methoxy groups -OCH3 is 2. The molecule has 118 valence electrons. The number of hydrogen-bond acceptors (Lipinski definition) is 5. The van der Waals surface area contributed by atoms with Gasteiger partial charge in [0.1, 0.15) is 11.3 Å². The molecule has 1 aromatic heterocycles. The second-order valence-electron chi connectivity index (χ2n) is 3.62. The molecule has 0 atom stereocenters. The Balaban J connectivity index is 3.42. The second kappa shape index (κ2) is 6.55. The van der Waals surface area contributed by atoms with E-state index in [1.807, 2.05) is 0 Å². The van der Waals surface area contributed by atoms with E-state index in [0.717, 1.165) is 20.4 Å². The normalized spacial score (nSPS) is 11.4. The number of pyridine rings is 1. The zero-order chi connectivity index (χ0) is 16.2. The summed E-state index contributed by atoms with van der Waals surface area (Å²) in [4.78, 5) is 14.6. The molecule has 0 radical (unpaired) electrons. The van der Waals surface area contributed by atoms with E-state index in [2.05, 4.69) is 19.2 Å². The third kappa shape index (κ3) is 4.43. The van der Waals surface area contributed by atoms with Crippen LogP contribution in [0.25, 0.3) is 0 Å². The van der Waals surface area contributed by atoms with Crippen molar-refractivity contribution >= 4 is 5.97 Å². The van der Waals surface area contributed by atoms with E-state index < -0.39 is 47.9 Å². The van der Waals surface area contributed by atoms with Crippen molar-refractivity contribution in [2.24, 2.45) is 0 Å². The van der Waals surface area contributed by atoms with Crippen molar-refractivity contribution in [1.29, 1.82) is 0 Å². The highest BCUT2D eigenvalue weighted by Crippen LogP contribution is 2.40. The minimum atomic E-state index is -5.23. The number of carbonyl (C=O) groups is 1. The number of ether oxygens (including phenoxy) is 3. The van der Waals surface area contributed by atoms with E-state index in [9.17, 15) is 26.7 Å². The van der Waals surface area contributed by atoms with Gasteiger partial charge in [0, 0.05) is 0 Å². The lowest BCUT2D eigenvalue weighted by Crippen LogP contribution is -2.21. The van der Waals surface area contributed by atoms with E-state index in [-0.39, 0.29) is 0 Å². The van der Waals surface area contributed by atoms with Crippen LogP contribution < -0.4 is 9.47 Å². The summed E-state index contributed by atoms with van der Waals surface area (Å²) in [6.07, 6.45) is -8.53. The van der Waals surface area contributed by atoms with Crippen LogP contribution in [0, 0.1) is 0 Å². The Labute approximate surface area is 115 Å². The van der Waals surface area contributed by atoms with Crippen LogP contribution in [0.5, 0.6) is 11.5 Å². The molecule has 10 heteroatoms. The average Bonchev–Trinajstić information content (AvgIpc) is 2.37. The summed E-state index contributed by atoms with van der Waals surface area (Å²) in [5.74, 6) is -2.81. The Bertz CT molecular complexity index is 518. The minimum absolute atomic E-state index is 0.585. The Morgan fingerprint density at radius 2 is 1.95 bits per heavy atom. The van der Waals surface area contributed by atoms with Gasteiger partial charge in [-0.3, -0.25) is 9.78 Å². The van der Waals surface area contributed by atoms with Crippen LogP contribution in [0.15, 0.2) is 6.20 Å². The third-order valence-electron chi connectivity index (χ3n) is 2.31. The molecular formula is C11H10F5NO4. The molecule has 0 aliphatic carbocycles. The Morgan fingerprint density at radius 3 is 2.38 bits per heavy atom. The van der Waals surface area contributed by atoms with Crippen LogP contribution in [0.4, 0.5) is 22.0 Å². The summed E-state index contributed by atoms with van der Waals surface area (Å²) in [5.41, 5.74) is -1.76. The summed E-state index contributed by atoms with van der Waals surface area (Å²) in [6.45, 7) is 0. The van der Waals surface area contributed by atoms with E-state index in [4.69, 9.17) is 0 Å². The van der Waals surface area contributed by atoms with Crippen LogP contribution in [0.1, 0.15) is 17.7 Å². The zero-order valence-corrected chi connectivity index (χ0v) is 10.8. The summed E-state index contributed by atoms with van der Waals surface area (Å²) in [5, 5.41) is 0. The zero-order valence-electron chi connectivity index (χ0n) is 10.8. The van der Waals surface area contributed by atoms with Gasteiger partial charge < -0.3 is 14.2 Å². The number of esters is 1. The number of halogens is 5. The fourth-order valence-electron chi connectivity index (χ4n) is 1.47. The Morgan fingerprint density at radius 1 is 1.33 bits per heavy atom. The first-order chi connectivity index (χ1) is 9.69. The molecule has 1 rings (SSSR count). The molecule has 0 spiro atoms. The lowest BCUT2D eigenvalue weighted by Gasteiger charge is -2.18. The number of aromatic nitrogens is 1. The van der Waals surface area contributed by atoms with Crippen LogP contribution in [0.3, 0.4) is 0 Å². The SMILES string of the molecule is COC(=O)Cc1ncc(OC)c(C(F)F)c1OC(F)(F)F. The summed E-state index contributed by atoms with van der Waals surface area (Å²) < 4.78 is 75.4. The second-order valence-corrected chi connectivity index (χ2v) is 3.62. The van der Waals surface area contributed by atoms with Gasteiger partial charge in [0.2, 0.25) is 0 Å². The van der Waals surface area contributed by atoms with Crippen LogP contribution >= 0.6 is 0 Å². The van der Waals surface area contributed by atoms with Crippen molar-refractivity contribution in [3.8, 4) is 11.5 Å². The van der Waals surface area contributed by atoms with Gasteiger partial charge in [-0.1, -0.05) is 0 Å². The molecule has 21 heavy (non-hydrogen) atoms. The predicted molar refractivity (Wildman–Crippen MR) is 58.1 cm³/mol. The van der Waals surface area contributed by atoms with Crippen molar-refractivity contribution in [2.45, 2.75) is 19.2 Å². The molecule has 0 aromatic carbocycles. The molecule has 5 nitrogen and oxygen atoms in total. The number of rotatable bonds is 5. The first-order valence-electron chi connectivity index (χ1n) is 5.36. The quantitative estimate of drug-likeness (QED) is 0.617. The molecule has 0 N–H and O–H groups in total. The highest BCUT2D eigenvalue weighted by Gasteiger charge is 2.36. The lowest BCUT2D eigenvalue weighted by atomic mass is 10.1. The van der Waals surface area contributed by atoms with Gasteiger partial charge in [-0.05, 0) is 0 Å². The maximum atomic E-state index is 13.0. The fourth-order valence-corrected chi connectivity index (χ4v) is 1.47. The topological polar surface area (TPSA) is 57.7 Å². The lowest BCUT2D eigenvalue weighted by molar-refractivity contribution is -0.275. The van der Waals surface area contributed by atoms with E-state index in [1.165, 1.54) is 0 Å². The maximum absolute atomic E-state index is 13.0. The number of nitrogens with zero attached hydrogens (tertiary/aromatic N) is 1. The molecule has 1 heterocycles. The van der Waals surface area contributed by atoms with Crippen molar-refractivity contribution < 1.29 is 41.0 Å². The van der Waals surface area contributed by atoms with Crippen molar-refractivity contribution in [2.75, 3.05) is 14.2 Å². The first-order valence-corrected chi connectivity index (χ1v) is 5.36. The van der Waals surface area contributed by atoms with Crippen molar-refractivity contribution in [1.82, 2.24) is 4.98 Å². The van der Waals surface area contributed by atoms with Gasteiger partial charge in [0.25, 0.3) is 6.43 Å². The number of alkyl halides is 5. The largest absolute Gasteiger partial charge is 0.573 e. The number of hydrogen-bond donors (Lipinski definition) is 0. The highest BCUT2D eigenvalue weighted by atomic mass is 19.4. The average molecular weight is 315 g/mol. The van der Waals surface area contributed by atoms with Gasteiger partial charge in [0.15, 0.2) is 5.75 Å². The van der Waals surface area contributed by atoms with Crippen LogP contribution in [0.2, 0.25) is 0 Å². The minimum Gasteiger partial charge on any atom is -0.494 e. The molecular weight excluding hydrogens is 305 g/mol. The molecule has 0 unspecified atom stereocenters. The van der Waals surface area contributed by atoms with E-state index in [0.29, 0.717) is 0 Å². The van der Waals surface area contributed by atoms with Gasteiger partial charge in [-0.2, -0.15) is 0 Å². The maximum Gasteiger partial charge on any atom is 0.573 e. The number of carbonyl (C=O) groups excluding carboxylic acids is 1. The Kier molecular flexibility index (Phi) is 5.28. The van der Waals surface area contributed by atoms with Crippen molar-refractivity contribution in [3.05, 3.63) is 17.5 Å². The third-order valence-corrected chi connectivity index (χ3v) is 2.31. The smallest absolute Gasteiger partial charge is 0.494 e. The highest BCUT2D eigenvalue weighted by molar-refractivity contribution is 5.73. The summed E-state index contributed by atoms with van der Waals surface area (Å²) >= 11 is 0. The van der Waals surface area contributed by atoms with Gasteiger partial charge >= 0.3 is 12.3 Å². The van der Waals surface area contributed by atoms with Gasteiger partial charge in [-0.25, -0.2) is 8.78 Å². The van der Waals surface area contributed by atoms with Gasteiger partial charge in [-0.15, -0.1) is 13.2 Å². The summed E-state index contributed by atoms with van der Waals surface area (Å²) in [6, 6.07) is 0. The fraction of sp³-hybridized carbons (Fsp3) is 0.455. The molecule has 0 aliphatic heterocycles.